The molecular formula is C10H18FN3. The summed E-state index contributed by atoms with van der Waals surface area (Å²) >= 11 is 0. The summed E-state index contributed by atoms with van der Waals surface area (Å²) in [5.74, 6) is -0.137. The van der Waals surface area contributed by atoms with Gasteiger partial charge in [-0.15, -0.1) is 0 Å². The van der Waals surface area contributed by atoms with Crippen LogP contribution < -0.4 is 5.73 Å². The van der Waals surface area contributed by atoms with Crippen LogP contribution >= 0.6 is 0 Å². The fourth-order valence-corrected chi connectivity index (χ4v) is 1.44. The van der Waals surface area contributed by atoms with E-state index in [1.165, 1.54) is 0 Å². The Bertz CT molecular complexity index is 295. The third-order valence-electron chi connectivity index (χ3n) is 2.65. The van der Waals surface area contributed by atoms with Crippen LogP contribution in [0.1, 0.15) is 26.3 Å². The van der Waals surface area contributed by atoms with Crippen molar-refractivity contribution in [3.63, 3.8) is 0 Å². The predicted octanol–water partition coefficient (Wildman–Crippen LogP) is 1.68. The molecule has 0 aliphatic carbocycles. The van der Waals surface area contributed by atoms with Crippen molar-refractivity contribution >= 4 is 0 Å². The SMILES string of the molecule is CCn1cc(C(F)(CN)C(C)C)cn1. The van der Waals surface area contributed by atoms with E-state index >= 15 is 0 Å². The molecule has 80 valence electrons. The highest BCUT2D eigenvalue weighted by Crippen LogP contribution is 2.32. The van der Waals surface area contributed by atoms with E-state index in [0.717, 1.165) is 6.54 Å². The van der Waals surface area contributed by atoms with Gasteiger partial charge in [0.05, 0.1) is 6.20 Å². The number of halogens is 1. The average molecular weight is 199 g/mol. The van der Waals surface area contributed by atoms with Crippen molar-refractivity contribution in [1.29, 1.82) is 0 Å². The number of nitrogens with two attached hydrogens (primary N) is 1. The van der Waals surface area contributed by atoms with Crippen LogP contribution in [0.3, 0.4) is 0 Å². The van der Waals surface area contributed by atoms with E-state index in [1.807, 2.05) is 20.8 Å². The van der Waals surface area contributed by atoms with Gasteiger partial charge in [0.1, 0.15) is 0 Å². The molecule has 0 fully saturated rings. The first-order chi connectivity index (χ1) is 6.54. The molecule has 1 rings (SSSR count). The molecule has 4 heteroatoms. The minimum atomic E-state index is -1.45. The van der Waals surface area contributed by atoms with Crippen molar-refractivity contribution in [2.24, 2.45) is 11.7 Å². The molecule has 1 unspecified atom stereocenters. The molecule has 0 aliphatic rings. The molecular weight excluding hydrogens is 181 g/mol. The maximum absolute atomic E-state index is 14.3. The van der Waals surface area contributed by atoms with E-state index < -0.39 is 5.67 Å². The summed E-state index contributed by atoms with van der Waals surface area (Å²) < 4.78 is 16.1. The zero-order valence-corrected chi connectivity index (χ0v) is 9.00. The van der Waals surface area contributed by atoms with Crippen molar-refractivity contribution in [3.8, 4) is 0 Å². The van der Waals surface area contributed by atoms with Crippen molar-refractivity contribution in [2.45, 2.75) is 33.0 Å². The van der Waals surface area contributed by atoms with Crippen LogP contribution in [0.2, 0.25) is 0 Å². The minimum Gasteiger partial charge on any atom is -0.327 e. The van der Waals surface area contributed by atoms with Crippen LogP contribution in [0, 0.1) is 5.92 Å². The first-order valence-corrected chi connectivity index (χ1v) is 4.96. The van der Waals surface area contributed by atoms with Crippen molar-refractivity contribution in [3.05, 3.63) is 18.0 Å². The van der Waals surface area contributed by atoms with Crippen LogP contribution in [0.4, 0.5) is 4.39 Å². The molecule has 1 atom stereocenters. The molecule has 0 saturated carbocycles. The van der Waals surface area contributed by atoms with E-state index in [9.17, 15) is 4.39 Å². The van der Waals surface area contributed by atoms with Gasteiger partial charge in [-0.25, -0.2) is 4.39 Å². The van der Waals surface area contributed by atoms with Gasteiger partial charge in [-0.05, 0) is 12.8 Å². The quantitative estimate of drug-likeness (QED) is 0.801. The summed E-state index contributed by atoms with van der Waals surface area (Å²) in [7, 11) is 0. The van der Waals surface area contributed by atoms with Gasteiger partial charge in [0.2, 0.25) is 0 Å². The number of alkyl halides is 1. The highest BCUT2D eigenvalue weighted by molar-refractivity contribution is 5.17. The summed E-state index contributed by atoms with van der Waals surface area (Å²) in [6.07, 6.45) is 3.29. The largest absolute Gasteiger partial charge is 0.327 e. The third kappa shape index (κ3) is 1.80. The number of aromatic nitrogens is 2. The zero-order valence-electron chi connectivity index (χ0n) is 9.00. The molecule has 2 N–H and O–H groups in total. The highest BCUT2D eigenvalue weighted by Gasteiger charge is 2.35. The standard InChI is InChI=1S/C10H18FN3/c1-4-14-6-9(5-13-14)10(11,7-12)8(2)3/h5-6,8H,4,7,12H2,1-3H3. The number of rotatable bonds is 4. The van der Waals surface area contributed by atoms with Crippen LogP contribution in [0.15, 0.2) is 12.4 Å². The molecule has 3 nitrogen and oxygen atoms in total. The van der Waals surface area contributed by atoms with Gasteiger partial charge in [0.15, 0.2) is 5.67 Å². The first-order valence-electron chi connectivity index (χ1n) is 4.96. The van der Waals surface area contributed by atoms with Crippen molar-refractivity contribution < 1.29 is 4.39 Å². The fraction of sp³-hybridized carbons (Fsp3) is 0.700. The van der Waals surface area contributed by atoms with Crippen molar-refractivity contribution in [2.75, 3.05) is 6.54 Å². The van der Waals surface area contributed by atoms with Crippen LogP contribution in [-0.2, 0) is 12.2 Å². The lowest BCUT2D eigenvalue weighted by Crippen LogP contribution is -2.35. The summed E-state index contributed by atoms with van der Waals surface area (Å²) in [6.45, 7) is 6.37. The van der Waals surface area contributed by atoms with E-state index in [1.54, 1.807) is 17.1 Å². The molecule has 1 aromatic rings. The first kappa shape index (κ1) is 11.2. The number of nitrogens with zero attached hydrogens (tertiary/aromatic N) is 2. The molecule has 0 radical (unpaired) electrons. The fourth-order valence-electron chi connectivity index (χ4n) is 1.44. The molecule has 0 amide bonds. The average Bonchev–Trinajstić information content (AvgIpc) is 2.64. The Balaban J connectivity index is 3.00. The Morgan fingerprint density at radius 1 is 1.64 bits per heavy atom. The Morgan fingerprint density at radius 3 is 2.64 bits per heavy atom. The highest BCUT2D eigenvalue weighted by atomic mass is 19.1. The molecule has 14 heavy (non-hydrogen) atoms. The van der Waals surface area contributed by atoms with Crippen LogP contribution in [-0.4, -0.2) is 16.3 Å². The van der Waals surface area contributed by atoms with Gasteiger partial charge in [-0.3, -0.25) is 4.68 Å². The summed E-state index contributed by atoms with van der Waals surface area (Å²) in [5, 5.41) is 4.05. The third-order valence-corrected chi connectivity index (χ3v) is 2.65. The van der Waals surface area contributed by atoms with E-state index in [-0.39, 0.29) is 12.5 Å². The summed E-state index contributed by atoms with van der Waals surface area (Å²) in [6, 6.07) is 0. The van der Waals surface area contributed by atoms with Gasteiger partial charge >= 0.3 is 0 Å². The normalized spacial score (nSPS) is 15.9. The van der Waals surface area contributed by atoms with Crippen LogP contribution in [0.25, 0.3) is 0 Å². The minimum absolute atomic E-state index is 0.0000737. The van der Waals surface area contributed by atoms with Crippen molar-refractivity contribution in [1.82, 2.24) is 9.78 Å². The van der Waals surface area contributed by atoms with Gasteiger partial charge in [-0.2, -0.15) is 5.10 Å². The lowest BCUT2D eigenvalue weighted by Gasteiger charge is -2.26. The second-order valence-corrected chi connectivity index (χ2v) is 3.81. The lowest BCUT2D eigenvalue weighted by atomic mass is 9.87. The van der Waals surface area contributed by atoms with Gasteiger partial charge in [-0.1, -0.05) is 13.8 Å². The van der Waals surface area contributed by atoms with Gasteiger partial charge in [0, 0.05) is 24.8 Å². The number of aryl methyl sites for hydroxylation is 1. The molecule has 1 aromatic heterocycles. The van der Waals surface area contributed by atoms with E-state index in [0.29, 0.717) is 5.56 Å². The Labute approximate surface area is 84.1 Å². The number of hydrogen-bond donors (Lipinski definition) is 1. The Hall–Kier alpha value is -0.900. The predicted molar refractivity (Wildman–Crippen MR) is 54.6 cm³/mol. The second kappa shape index (κ2) is 4.09. The molecule has 0 saturated heterocycles. The van der Waals surface area contributed by atoms with E-state index in [2.05, 4.69) is 5.10 Å². The monoisotopic (exact) mass is 199 g/mol. The molecule has 0 spiro atoms. The summed E-state index contributed by atoms with van der Waals surface area (Å²) in [4.78, 5) is 0. The molecule has 1 heterocycles. The topological polar surface area (TPSA) is 43.8 Å². The van der Waals surface area contributed by atoms with E-state index in [4.69, 9.17) is 5.73 Å². The molecule has 0 bridgehead atoms. The van der Waals surface area contributed by atoms with Crippen LogP contribution in [0.5, 0.6) is 0 Å². The van der Waals surface area contributed by atoms with Gasteiger partial charge < -0.3 is 5.73 Å². The number of hydrogen-bond acceptors (Lipinski definition) is 2. The Kier molecular flexibility index (Phi) is 3.26. The lowest BCUT2D eigenvalue weighted by molar-refractivity contribution is 0.109. The summed E-state index contributed by atoms with van der Waals surface area (Å²) in [5.41, 5.74) is 4.61. The molecule has 0 aromatic carbocycles. The zero-order chi connectivity index (χ0) is 10.8. The molecule has 0 aliphatic heterocycles. The maximum Gasteiger partial charge on any atom is 0.153 e. The maximum atomic E-state index is 14.3. The Morgan fingerprint density at radius 2 is 2.29 bits per heavy atom. The van der Waals surface area contributed by atoms with Gasteiger partial charge in [0.25, 0.3) is 0 Å². The smallest absolute Gasteiger partial charge is 0.153 e. The second-order valence-electron chi connectivity index (χ2n) is 3.81.